The summed E-state index contributed by atoms with van der Waals surface area (Å²) in [4.78, 5) is 2.26. The fourth-order valence-corrected chi connectivity index (χ4v) is 4.63. The summed E-state index contributed by atoms with van der Waals surface area (Å²) in [5, 5.41) is 0. The fraction of sp³-hybridized carbons (Fsp3) is 0.200. The number of benzene rings is 4. The van der Waals surface area contributed by atoms with E-state index in [4.69, 9.17) is 14.0 Å². The topological polar surface area (TPSA) is 30.9 Å². The van der Waals surface area contributed by atoms with Gasteiger partial charge < -0.3 is 18.9 Å². The maximum absolute atomic E-state index is 6.30. The lowest BCUT2D eigenvalue weighted by Gasteiger charge is -2.33. The maximum Gasteiger partial charge on any atom is 0.494 e. The van der Waals surface area contributed by atoms with Crippen LogP contribution >= 0.6 is 0 Å². The average Bonchev–Trinajstić information content (AvgIpc) is 3.09. The number of hydrogen-bond acceptors (Lipinski definition) is 4. The summed E-state index contributed by atoms with van der Waals surface area (Å²) in [5.41, 5.74) is 5.59. The van der Waals surface area contributed by atoms with Crippen LogP contribution in [0.5, 0.6) is 11.5 Å². The molecule has 2 heterocycles. The standard InChI is InChI=1S/C30H28BNO3/c1-29(2)30(3,4)35-31(34-29)23-12-10-11-21(19-23)22-17-18-28-26(20-22)32(24-13-6-5-7-14-24)25-15-8-9-16-27(25)33-28/h5-20H,1-4H3. The first-order valence-electron chi connectivity index (χ1n) is 12.0. The van der Waals surface area contributed by atoms with Crippen LogP contribution in [-0.2, 0) is 9.31 Å². The zero-order chi connectivity index (χ0) is 24.2. The summed E-state index contributed by atoms with van der Waals surface area (Å²) in [6.45, 7) is 8.32. The minimum atomic E-state index is -0.395. The zero-order valence-corrected chi connectivity index (χ0v) is 20.5. The Morgan fingerprint density at radius 3 is 2.03 bits per heavy atom. The molecule has 1 fully saturated rings. The van der Waals surface area contributed by atoms with E-state index < -0.39 is 7.12 Å². The molecule has 4 nitrogen and oxygen atoms in total. The molecule has 0 saturated carbocycles. The van der Waals surface area contributed by atoms with Crippen LogP contribution in [0, 0.1) is 0 Å². The van der Waals surface area contributed by atoms with Crippen LogP contribution in [-0.4, -0.2) is 18.3 Å². The number of para-hydroxylation sites is 3. The molecule has 0 bridgehead atoms. The molecule has 174 valence electrons. The highest BCUT2D eigenvalue weighted by Crippen LogP contribution is 2.51. The van der Waals surface area contributed by atoms with Crippen LogP contribution in [0.25, 0.3) is 11.1 Å². The Morgan fingerprint density at radius 1 is 0.600 bits per heavy atom. The third-order valence-corrected chi connectivity index (χ3v) is 7.29. The van der Waals surface area contributed by atoms with Gasteiger partial charge in [0.1, 0.15) is 0 Å². The Bertz CT molecular complexity index is 1380. The van der Waals surface area contributed by atoms with Crippen LogP contribution in [0.3, 0.4) is 0 Å². The number of nitrogens with zero attached hydrogens (tertiary/aromatic N) is 1. The summed E-state index contributed by atoms with van der Waals surface area (Å²) in [6.07, 6.45) is 0. The van der Waals surface area contributed by atoms with Gasteiger partial charge in [0, 0.05) is 5.69 Å². The van der Waals surface area contributed by atoms with Gasteiger partial charge in [-0.15, -0.1) is 0 Å². The lowest BCUT2D eigenvalue weighted by Crippen LogP contribution is -2.41. The smallest absolute Gasteiger partial charge is 0.453 e. The van der Waals surface area contributed by atoms with Crippen molar-refractivity contribution in [2.45, 2.75) is 38.9 Å². The lowest BCUT2D eigenvalue weighted by molar-refractivity contribution is 0.00578. The molecule has 0 radical (unpaired) electrons. The molecule has 0 spiro atoms. The summed E-state index contributed by atoms with van der Waals surface area (Å²) in [6, 6.07) is 33.3. The molecule has 35 heavy (non-hydrogen) atoms. The predicted octanol–water partition coefficient (Wildman–Crippen LogP) is 7.23. The van der Waals surface area contributed by atoms with Crippen LogP contribution in [0.15, 0.2) is 97.1 Å². The number of anilines is 3. The molecule has 0 atom stereocenters. The van der Waals surface area contributed by atoms with Gasteiger partial charge in [-0.2, -0.15) is 0 Å². The van der Waals surface area contributed by atoms with Gasteiger partial charge in [-0.05, 0) is 80.7 Å². The van der Waals surface area contributed by atoms with Crippen LogP contribution in [0.2, 0.25) is 0 Å². The fourth-order valence-electron chi connectivity index (χ4n) is 4.63. The Balaban J connectivity index is 1.41. The predicted molar refractivity (Wildman–Crippen MR) is 142 cm³/mol. The monoisotopic (exact) mass is 461 g/mol. The Kier molecular flexibility index (Phi) is 5.03. The first kappa shape index (κ1) is 22.0. The molecule has 4 aromatic rings. The van der Waals surface area contributed by atoms with Crippen molar-refractivity contribution >= 4 is 29.6 Å². The van der Waals surface area contributed by atoms with E-state index in [0.717, 1.165) is 45.2 Å². The zero-order valence-electron chi connectivity index (χ0n) is 20.5. The van der Waals surface area contributed by atoms with Crippen molar-refractivity contribution in [3.05, 3.63) is 97.1 Å². The highest BCUT2D eigenvalue weighted by atomic mass is 16.7. The van der Waals surface area contributed by atoms with Crippen molar-refractivity contribution in [1.29, 1.82) is 0 Å². The first-order valence-corrected chi connectivity index (χ1v) is 12.0. The Labute approximate surface area is 207 Å². The third-order valence-electron chi connectivity index (χ3n) is 7.29. The number of fused-ring (bicyclic) bond motifs is 2. The summed E-state index contributed by atoms with van der Waals surface area (Å²) < 4.78 is 18.9. The van der Waals surface area contributed by atoms with Gasteiger partial charge in [-0.1, -0.05) is 60.7 Å². The highest BCUT2D eigenvalue weighted by Gasteiger charge is 2.51. The van der Waals surface area contributed by atoms with Crippen molar-refractivity contribution in [3.8, 4) is 22.6 Å². The average molecular weight is 461 g/mol. The molecule has 2 aliphatic heterocycles. The van der Waals surface area contributed by atoms with Gasteiger partial charge in [0.15, 0.2) is 11.5 Å². The summed E-state index contributed by atoms with van der Waals surface area (Å²) in [5.74, 6) is 1.68. The molecule has 1 saturated heterocycles. The van der Waals surface area contributed by atoms with Gasteiger partial charge in [0.05, 0.1) is 22.6 Å². The van der Waals surface area contributed by atoms with E-state index in [0.29, 0.717) is 0 Å². The normalized spacial score (nSPS) is 17.5. The molecule has 0 amide bonds. The molecule has 2 aliphatic rings. The minimum absolute atomic E-state index is 0.375. The van der Waals surface area contributed by atoms with Gasteiger partial charge in [0.2, 0.25) is 0 Å². The van der Waals surface area contributed by atoms with Crippen molar-refractivity contribution in [2.24, 2.45) is 0 Å². The van der Waals surface area contributed by atoms with E-state index in [9.17, 15) is 0 Å². The van der Waals surface area contributed by atoms with Crippen LogP contribution in [0.4, 0.5) is 17.1 Å². The minimum Gasteiger partial charge on any atom is -0.453 e. The van der Waals surface area contributed by atoms with E-state index in [2.05, 4.69) is 105 Å². The largest absolute Gasteiger partial charge is 0.494 e. The van der Waals surface area contributed by atoms with Gasteiger partial charge in [-0.3, -0.25) is 0 Å². The summed E-state index contributed by atoms with van der Waals surface area (Å²) >= 11 is 0. The van der Waals surface area contributed by atoms with E-state index in [1.165, 1.54) is 0 Å². The van der Waals surface area contributed by atoms with Gasteiger partial charge in [-0.25, -0.2) is 0 Å². The highest BCUT2D eigenvalue weighted by molar-refractivity contribution is 6.62. The molecule has 6 rings (SSSR count). The number of hydrogen-bond donors (Lipinski definition) is 0. The van der Waals surface area contributed by atoms with Crippen LogP contribution in [0.1, 0.15) is 27.7 Å². The van der Waals surface area contributed by atoms with E-state index in [1.54, 1.807) is 0 Å². The van der Waals surface area contributed by atoms with E-state index >= 15 is 0 Å². The molecule has 0 aliphatic carbocycles. The van der Waals surface area contributed by atoms with Gasteiger partial charge >= 0.3 is 7.12 Å². The van der Waals surface area contributed by atoms with Crippen molar-refractivity contribution < 1.29 is 14.0 Å². The Hall–Kier alpha value is -3.54. The molecule has 5 heteroatoms. The van der Waals surface area contributed by atoms with E-state index in [1.807, 2.05) is 24.3 Å². The Morgan fingerprint density at radius 2 is 1.26 bits per heavy atom. The maximum atomic E-state index is 6.30. The molecule has 0 N–H and O–H groups in total. The number of rotatable bonds is 3. The van der Waals surface area contributed by atoms with Gasteiger partial charge in [0.25, 0.3) is 0 Å². The number of ether oxygens (including phenoxy) is 1. The lowest BCUT2D eigenvalue weighted by atomic mass is 9.78. The van der Waals surface area contributed by atoms with E-state index in [-0.39, 0.29) is 11.2 Å². The second-order valence-electron chi connectivity index (χ2n) is 10.1. The second-order valence-corrected chi connectivity index (χ2v) is 10.1. The summed E-state index contributed by atoms with van der Waals surface area (Å²) in [7, 11) is -0.395. The third kappa shape index (κ3) is 3.72. The van der Waals surface area contributed by atoms with Crippen molar-refractivity contribution in [2.75, 3.05) is 4.90 Å². The van der Waals surface area contributed by atoms with Crippen LogP contribution < -0.4 is 15.1 Å². The molecule has 0 unspecified atom stereocenters. The molecule has 4 aromatic carbocycles. The quantitative estimate of drug-likeness (QED) is 0.265. The van der Waals surface area contributed by atoms with Crippen molar-refractivity contribution in [1.82, 2.24) is 0 Å². The molecule has 0 aromatic heterocycles. The second kappa shape index (κ2) is 8.01. The first-order chi connectivity index (χ1) is 16.8. The molecular formula is C30H28BNO3. The van der Waals surface area contributed by atoms with Crippen molar-refractivity contribution in [3.63, 3.8) is 0 Å². The SMILES string of the molecule is CC1(C)OB(c2cccc(-c3ccc4c(c3)N(c3ccccc3)c3ccccc3O4)c2)OC1(C)C. The molecular weight excluding hydrogens is 433 g/mol.